The topological polar surface area (TPSA) is 84.5 Å². The van der Waals surface area contributed by atoms with Gasteiger partial charge in [0.05, 0.1) is 0 Å². The minimum Gasteiger partial charge on any atom is -0.454 e. The number of hydrogen-bond acceptors (Lipinski definition) is 4. The van der Waals surface area contributed by atoms with Gasteiger partial charge in [0.1, 0.15) is 6.04 Å². The molecule has 0 aliphatic heterocycles. The zero-order chi connectivity index (χ0) is 20.2. The van der Waals surface area contributed by atoms with Crippen molar-refractivity contribution in [2.75, 3.05) is 13.2 Å². The quantitative estimate of drug-likeness (QED) is 0.443. The Bertz CT molecular complexity index is 617. The van der Waals surface area contributed by atoms with Gasteiger partial charge in [-0.05, 0) is 43.0 Å². The molecule has 0 aliphatic carbocycles. The fourth-order valence-corrected chi connectivity index (χ4v) is 2.55. The van der Waals surface area contributed by atoms with E-state index < -0.39 is 17.9 Å². The molecule has 0 heterocycles. The lowest BCUT2D eigenvalue weighted by molar-refractivity contribution is -0.150. The number of unbranched alkanes of at least 4 members (excludes halogenated alkanes) is 2. The molecule has 1 atom stereocenters. The van der Waals surface area contributed by atoms with Crippen molar-refractivity contribution in [3.05, 3.63) is 34.9 Å². The predicted octanol–water partition coefficient (Wildman–Crippen LogP) is 3.33. The van der Waals surface area contributed by atoms with E-state index in [0.29, 0.717) is 23.6 Å². The standard InChI is InChI=1S/C20H29ClN2O4/c1-4-5-6-11-22-18(24)13-27-20(26)17(12-14(2)3)23-19(25)15-7-9-16(21)10-8-15/h7-10,14,17H,4-6,11-13H2,1-3H3,(H,22,24)(H,23,25). The molecule has 0 saturated heterocycles. The van der Waals surface area contributed by atoms with Gasteiger partial charge in [0.15, 0.2) is 6.61 Å². The third-order valence-corrected chi connectivity index (χ3v) is 4.10. The van der Waals surface area contributed by atoms with Crippen molar-refractivity contribution in [1.29, 1.82) is 0 Å². The van der Waals surface area contributed by atoms with Crippen LogP contribution >= 0.6 is 11.6 Å². The molecule has 150 valence electrons. The first kappa shape index (κ1) is 23.0. The normalized spacial score (nSPS) is 11.7. The number of rotatable bonds is 11. The average molecular weight is 397 g/mol. The van der Waals surface area contributed by atoms with Gasteiger partial charge in [0.25, 0.3) is 11.8 Å². The Hall–Kier alpha value is -2.08. The zero-order valence-electron chi connectivity index (χ0n) is 16.2. The second-order valence-electron chi connectivity index (χ2n) is 6.83. The van der Waals surface area contributed by atoms with Crippen molar-refractivity contribution in [1.82, 2.24) is 10.6 Å². The number of hydrogen-bond donors (Lipinski definition) is 2. The molecular weight excluding hydrogens is 368 g/mol. The molecule has 0 spiro atoms. The number of carbonyl (C=O) groups is 3. The first-order chi connectivity index (χ1) is 12.8. The Balaban J connectivity index is 2.56. The van der Waals surface area contributed by atoms with Gasteiger partial charge in [-0.2, -0.15) is 0 Å². The summed E-state index contributed by atoms with van der Waals surface area (Å²) in [5, 5.41) is 5.91. The van der Waals surface area contributed by atoms with E-state index in [1.165, 1.54) is 0 Å². The van der Waals surface area contributed by atoms with Gasteiger partial charge in [-0.1, -0.05) is 45.2 Å². The van der Waals surface area contributed by atoms with Crippen molar-refractivity contribution in [2.24, 2.45) is 5.92 Å². The molecular formula is C20H29ClN2O4. The van der Waals surface area contributed by atoms with Crippen molar-refractivity contribution in [3.8, 4) is 0 Å². The molecule has 6 nitrogen and oxygen atoms in total. The van der Waals surface area contributed by atoms with Crippen LogP contribution in [0.1, 0.15) is 56.8 Å². The summed E-state index contributed by atoms with van der Waals surface area (Å²) in [4.78, 5) is 36.4. The molecule has 0 bridgehead atoms. The van der Waals surface area contributed by atoms with Crippen LogP contribution in [-0.2, 0) is 14.3 Å². The van der Waals surface area contributed by atoms with E-state index in [2.05, 4.69) is 17.6 Å². The van der Waals surface area contributed by atoms with E-state index in [1.807, 2.05) is 13.8 Å². The third-order valence-electron chi connectivity index (χ3n) is 3.85. The number of benzene rings is 1. The first-order valence-corrected chi connectivity index (χ1v) is 9.71. The molecule has 2 amide bonds. The maximum absolute atomic E-state index is 12.4. The smallest absolute Gasteiger partial charge is 0.329 e. The van der Waals surface area contributed by atoms with Crippen LogP contribution in [0.4, 0.5) is 0 Å². The Labute approximate surface area is 166 Å². The molecule has 1 aromatic rings. The van der Waals surface area contributed by atoms with Crippen LogP contribution in [0.2, 0.25) is 5.02 Å². The summed E-state index contributed by atoms with van der Waals surface area (Å²) in [6.45, 7) is 6.17. The molecule has 0 aliphatic rings. The van der Waals surface area contributed by atoms with E-state index in [4.69, 9.17) is 16.3 Å². The summed E-state index contributed by atoms with van der Waals surface area (Å²) in [7, 11) is 0. The Morgan fingerprint density at radius 3 is 2.37 bits per heavy atom. The van der Waals surface area contributed by atoms with Crippen LogP contribution in [0, 0.1) is 5.92 Å². The fraction of sp³-hybridized carbons (Fsp3) is 0.550. The largest absolute Gasteiger partial charge is 0.454 e. The van der Waals surface area contributed by atoms with E-state index in [-0.39, 0.29) is 18.4 Å². The maximum Gasteiger partial charge on any atom is 0.329 e. The Kier molecular flexibility index (Phi) is 10.5. The van der Waals surface area contributed by atoms with E-state index >= 15 is 0 Å². The van der Waals surface area contributed by atoms with Crippen LogP contribution < -0.4 is 10.6 Å². The number of nitrogens with one attached hydrogen (secondary N) is 2. The summed E-state index contributed by atoms with van der Waals surface area (Å²) < 4.78 is 5.09. The summed E-state index contributed by atoms with van der Waals surface area (Å²) in [5.41, 5.74) is 0.398. The molecule has 7 heteroatoms. The van der Waals surface area contributed by atoms with Crippen molar-refractivity contribution >= 4 is 29.4 Å². The predicted molar refractivity (Wildman–Crippen MR) is 106 cm³/mol. The summed E-state index contributed by atoms with van der Waals surface area (Å²) in [5.74, 6) is -1.18. The second-order valence-corrected chi connectivity index (χ2v) is 7.26. The van der Waals surface area contributed by atoms with Crippen LogP contribution in [0.5, 0.6) is 0 Å². The minimum absolute atomic E-state index is 0.163. The molecule has 0 radical (unpaired) electrons. The minimum atomic E-state index is -0.818. The van der Waals surface area contributed by atoms with Gasteiger partial charge in [-0.15, -0.1) is 0 Å². The molecule has 0 fully saturated rings. The monoisotopic (exact) mass is 396 g/mol. The van der Waals surface area contributed by atoms with Crippen molar-refractivity contribution in [3.63, 3.8) is 0 Å². The Morgan fingerprint density at radius 1 is 1.11 bits per heavy atom. The maximum atomic E-state index is 12.4. The summed E-state index contributed by atoms with van der Waals surface area (Å²) in [6, 6.07) is 5.56. The van der Waals surface area contributed by atoms with Gasteiger partial charge in [0, 0.05) is 17.1 Å². The van der Waals surface area contributed by atoms with Crippen LogP contribution in [-0.4, -0.2) is 37.0 Å². The van der Waals surface area contributed by atoms with E-state index in [9.17, 15) is 14.4 Å². The molecule has 1 aromatic carbocycles. The van der Waals surface area contributed by atoms with Gasteiger partial charge in [0.2, 0.25) is 0 Å². The van der Waals surface area contributed by atoms with Crippen molar-refractivity contribution < 1.29 is 19.1 Å². The van der Waals surface area contributed by atoms with E-state index in [1.54, 1.807) is 24.3 Å². The SMILES string of the molecule is CCCCCNC(=O)COC(=O)C(CC(C)C)NC(=O)c1ccc(Cl)cc1. The number of esters is 1. The highest BCUT2D eigenvalue weighted by molar-refractivity contribution is 6.30. The number of amides is 2. The van der Waals surface area contributed by atoms with Crippen LogP contribution in [0.3, 0.4) is 0 Å². The van der Waals surface area contributed by atoms with Crippen LogP contribution in [0.15, 0.2) is 24.3 Å². The molecule has 27 heavy (non-hydrogen) atoms. The summed E-state index contributed by atoms with van der Waals surface area (Å²) in [6.07, 6.45) is 3.40. The van der Waals surface area contributed by atoms with Gasteiger partial charge >= 0.3 is 5.97 Å². The molecule has 1 rings (SSSR count). The lowest BCUT2D eigenvalue weighted by atomic mass is 10.0. The zero-order valence-corrected chi connectivity index (χ0v) is 17.0. The average Bonchev–Trinajstić information content (AvgIpc) is 2.62. The number of ether oxygens (including phenoxy) is 1. The molecule has 0 aromatic heterocycles. The first-order valence-electron chi connectivity index (χ1n) is 9.33. The van der Waals surface area contributed by atoms with Gasteiger partial charge in [-0.3, -0.25) is 9.59 Å². The molecule has 2 N–H and O–H groups in total. The highest BCUT2D eigenvalue weighted by Gasteiger charge is 2.24. The third kappa shape index (κ3) is 9.43. The second kappa shape index (κ2) is 12.3. The van der Waals surface area contributed by atoms with Crippen LogP contribution in [0.25, 0.3) is 0 Å². The van der Waals surface area contributed by atoms with E-state index in [0.717, 1.165) is 19.3 Å². The summed E-state index contributed by atoms with van der Waals surface area (Å²) >= 11 is 5.82. The lowest BCUT2D eigenvalue weighted by Crippen LogP contribution is -2.43. The van der Waals surface area contributed by atoms with Gasteiger partial charge in [-0.25, -0.2) is 4.79 Å². The van der Waals surface area contributed by atoms with Crippen molar-refractivity contribution in [2.45, 2.75) is 52.5 Å². The highest BCUT2D eigenvalue weighted by atomic mass is 35.5. The fourth-order valence-electron chi connectivity index (χ4n) is 2.42. The highest BCUT2D eigenvalue weighted by Crippen LogP contribution is 2.11. The number of carbonyl (C=O) groups excluding carboxylic acids is 3. The molecule has 0 saturated carbocycles. The van der Waals surface area contributed by atoms with Gasteiger partial charge < -0.3 is 15.4 Å². The Morgan fingerprint density at radius 2 is 1.78 bits per heavy atom. The lowest BCUT2D eigenvalue weighted by Gasteiger charge is -2.19. The number of halogens is 1. The molecule has 1 unspecified atom stereocenters.